The van der Waals surface area contributed by atoms with Crippen LogP contribution in [0, 0.1) is 23.2 Å². The smallest absolute Gasteiger partial charge is 0.325 e. The molecule has 1 fully saturated rings. The Bertz CT molecular complexity index is 276. The Kier molecular flexibility index (Phi) is 3.45. The lowest BCUT2D eigenvalue weighted by Gasteiger charge is -2.41. The van der Waals surface area contributed by atoms with Crippen molar-refractivity contribution in [2.75, 3.05) is 0 Å². The van der Waals surface area contributed by atoms with E-state index in [0.717, 1.165) is 0 Å². The first-order valence-corrected chi connectivity index (χ1v) is 4.60. The molecule has 1 aliphatic heterocycles. The number of alkyl halides is 4. The largest absolute Gasteiger partial charge is 0.394 e. The number of nitriles is 1. The van der Waals surface area contributed by atoms with Gasteiger partial charge in [-0.3, -0.25) is 5.32 Å². The zero-order chi connectivity index (χ0) is 11.8. The van der Waals surface area contributed by atoms with Gasteiger partial charge in [0.25, 0.3) is 0 Å². The molecule has 1 aliphatic rings. The topological polar surface area (TPSA) is 87.9 Å². The number of hydrogen-bond donors (Lipinski definition) is 3. The molecule has 0 aliphatic carbocycles. The Morgan fingerprint density at radius 2 is 1.87 bits per heavy atom. The van der Waals surface area contributed by atoms with Crippen LogP contribution in [-0.4, -0.2) is 23.9 Å². The predicted octanol–water partition coefficient (Wildman–Crippen LogP) is 0.0849. The van der Waals surface area contributed by atoms with Crippen LogP contribution in [0.3, 0.4) is 0 Å². The summed E-state index contributed by atoms with van der Waals surface area (Å²) in [5.74, 6) is -3.43. The van der Waals surface area contributed by atoms with Crippen LogP contribution in [0.5, 0.6) is 0 Å². The van der Waals surface area contributed by atoms with Crippen molar-refractivity contribution in [1.82, 2.24) is 5.32 Å². The summed E-state index contributed by atoms with van der Waals surface area (Å²) in [6, 6.07) is 0.141. The molecule has 0 radical (unpaired) electrons. The van der Waals surface area contributed by atoms with Crippen LogP contribution >= 0.6 is 11.6 Å². The molecule has 0 saturated carbocycles. The van der Waals surface area contributed by atoms with Gasteiger partial charge in [0.15, 0.2) is 0 Å². The van der Waals surface area contributed by atoms with E-state index in [1.54, 1.807) is 0 Å². The van der Waals surface area contributed by atoms with E-state index in [0.29, 0.717) is 0 Å². The van der Waals surface area contributed by atoms with Crippen LogP contribution in [-0.2, 0) is 0 Å². The molecule has 0 bridgehead atoms. The van der Waals surface area contributed by atoms with Crippen LogP contribution in [0.4, 0.5) is 13.2 Å². The van der Waals surface area contributed by atoms with Crippen molar-refractivity contribution in [3.8, 4) is 6.07 Å². The van der Waals surface area contributed by atoms with Crippen LogP contribution in [0.15, 0.2) is 0 Å². The molecule has 5 unspecified atom stereocenters. The number of nitrogens with two attached hydrogens (primary N) is 2. The van der Waals surface area contributed by atoms with E-state index in [1.165, 1.54) is 6.07 Å². The number of nitrogens with one attached hydrogen (secondary N) is 1. The first-order chi connectivity index (χ1) is 6.79. The molecule has 5 atom stereocenters. The van der Waals surface area contributed by atoms with E-state index in [9.17, 15) is 13.2 Å². The second kappa shape index (κ2) is 4.14. The summed E-state index contributed by atoms with van der Waals surface area (Å²) in [4.78, 5) is 0. The molecular formula is C7H10ClF3N4. The van der Waals surface area contributed by atoms with Gasteiger partial charge in [-0.05, 0) is 0 Å². The summed E-state index contributed by atoms with van der Waals surface area (Å²) < 4.78 is 37.8. The third-order valence-electron chi connectivity index (χ3n) is 2.41. The lowest BCUT2D eigenvalue weighted by Crippen LogP contribution is -2.67. The van der Waals surface area contributed by atoms with Crippen LogP contribution in [0.25, 0.3) is 0 Å². The van der Waals surface area contributed by atoms with Gasteiger partial charge in [-0.25, -0.2) is 0 Å². The number of rotatable bonds is 0. The molecule has 4 nitrogen and oxygen atoms in total. The maximum Gasteiger partial charge on any atom is 0.394 e. The molecule has 0 spiro atoms. The molecule has 8 heteroatoms. The van der Waals surface area contributed by atoms with E-state index in [-0.39, 0.29) is 0 Å². The molecule has 1 rings (SSSR count). The highest BCUT2D eigenvalue weighted by Crippen LogP contribution is 2.39. The summed E-state index contributed by atoms with van der Waals surface area (Å²) in [5.41, 5.74) is 9.52. The maximum atomic E-state index is 12.6. The van der Waals surface area contributed by atoms with Crippen LogP contribution in [0.2, 0.25) is 0 Å². The summed E-state index contributed by atoms with van der Waals surface area (Å²) in [6.45, 7) is 0. The Morgan fingerprint density at radius 3 is 2.27 bits per heavy atom. The highest BCUT2D eigenvalue weighted by atomic mass is 35.5. The van der Waals surface area contributed by atoms with Crippen molar-refractivity contribution in [1.29, 1.82) is 5.26 Å². The van der Waals surface area contributed by atoms with Gasteiger partial charge >= 0.3 is 6.18 Å². The second-order valence-corrected chi connectivity index (χ2v) is 3.86. The van der Waals surface area contributed by atoms with Gasteiger partial charge in [0.2, 0.25) is 0 Å². The number of piperidine rings is 1. The number of hydrogen-bond acceptors (Lipinski definition) is 4. The molecule has 5 N–H and O–H groups in total. The third kappa shape index (κ3) is 2.34. The molecule has 0 amide bonds. The van der Waals surface area contributed by atoms with E-state index in [4.69, 9.17) is 28.3 Å². The zero-order valence-corrected chi connectivity index (χ0v) is 8.26. The monoisotopic (exact) mass is 242 g/mol. The summed E-state index contributed by atoms with van der Waals surface area (Å²) >= 11 is 5.57. The van der Waals surface area contributed by atoms with E-state index in [2.05, 4.69) is 5.32 Å². The predicted molar refractivity (Wildman–Crippen MR) is 47.4 cm³/mol. The first kappa shape index (κ1) is 12.5. The first-order valence-electron chi connectivity index (χ1n) is 4.16. The summed E-state index contributed by atoms with van der Waals surface area (Å²) in [5, 5.41) is 11.1. The Labute approximate surface area is 89.3 Å². The molecule has 1 saturated heterocycles. The number of halogens is 4. The Morgan fingerprint density at radius 1 is 1.33 bits per heavy atom. The quantitative estimate of drug-likeness (QED) is 0.415. The van der Waals surface area contributed by atoms with Crippen molar-refractivity contribution >= 4 is 11.6 Å². The minimum Gasteiger partial charge on any atom is -0.325 e. The average Bonchev–Trinajstić information content (AvgIpc) is 2.08. The van der Waals surface area contributed by atoms with Crippen molar-refractivity contribution < 1.29 is 13.2 Å². The van der Waals surface area contributed by atoms with Crippen LogP contribution < -0.4 is 16.8 Å². The third-order valence-corrected chi connectivity index (χ3v) is 2.81. The lowest BCUT2D eigenvalue weighted by atomic mass is 9.81. The van der Waals surface area contributed by atoms with Crippen molar-refractivity contribution in [3.63, 3.8) is 0 Å². The molecule has 0 aromatic heterocycles. The standard InChI is InChI=1S/C7H10ClF3N4/c8-5-2(1-12)3(7(9,10)11)4(13)6(14)15-5/h2-6,15H,13-14H2. The second-order valence-electron chi connectivity index (χ2n) is 3.39. The number of nitrogens with zero attached hydrogens (tertiary/aromatic N) is 1. The fourth-order valence-electron chi connectivity index (χ4n) is 1.61. The average molecular weight is 243 g/mol. The van der Waals surface area contributed by atoms with Crippen LogP contribution in [0.1, 0.15) is 0 Å². The van der Waals surface area contributed by atoms with Gasteiger partial charge in [-0.15, -0.1) is 11.6 Å². The molecule has 0 aromatic rings. The normalized spacial score (nSPS) is 42.3. The highest BCUT2D eigenvalue weighted by molar-refractivity contribution is 6.20. The van der Waals surface area contributed by atoms with Gasteiger partial charge < -0.3 is 11.5 Å². The maximum absolute atomic E-state index is 12.6. The molecule has 15 heavy (non-hydrogen) atoms. The highest BCUT2D eigenvalue weighted by Gasteiger charge is 2.54. The summed E-state index contributed by atoms with van der Waals surface area (Å²) in [7, 11) is 0. The molecule has 0 aromatic carbocycles. The van der Waals surface area contributed by atoms with Gasteiger partial charge in [-0.1, -0.05) is 0 Å². The summed E-state index contributed by atoms with van der Waals surface area (Å²) in [6.07, 6.45) is -5.64. The van der Waals surface area contributed by atoms with Crippen molar-refractivity contribution in [2.45, 2.75) is 23.9 Å². The zero-order valence-electron chi connectivity index (χ0n) is 7.50. The minimum absolute atomic E-state index is 1.07. The SMILES string of the molecule is N#CC1C(Cl)NC(N)C(N)C1C(F)(F)F. The van der Waals surface area contributed by atoms with E-state index < -0.39 is 35.7 Å². The van der Waals surface area contributed by atoms with Crippen molar-refractivity contribution in [3.05, 3.63) is 0 Å². The molecule has 86 valence electrons. The van der Waals surface area contributed by atoms with Crippen molar-refractivity contribution in [2.24, 2.45) is 23.3 Å². The van der Waals surface area contributed by atoms with Gasteiger partial charge in [0, 0.05) is 6.04 Å². The molecular weight excluding hydrogens is 233 g/mol. The Hall–Kier alpha value is -0.550. The van der Waals surface area contributed by atoms with E-state index in [1.807, 2.05) is 0 Å². The minimum atomic E-state index is -4.58. The Balaban J connectivity index is 3.00. The lowest BCUT2D eigenvalue weighted by molar-refractivity contribution is -0.197. The fourth-order valence-corrected chi connectivity index (χ4v) is 1.97. The molecule has 1 heterocycles. The van der Waals surface area contributed by atoms with Gasteiger partial charge in [0.05, 0.1) is 24.1 Å². The van der Waals surface area contributed by atoms with E-state index >= 15 is 0 Å². The van der Waals surface area contributed by atoms with Gasteiger partial charge in [-0.2, -0.15) is 18.4 Å². The fraction of sp³-hybridized carbons (Fsp3) is 0.857. The van der Waals surface area contributed by atoms with Gasteiger partial charge in [0.1, 0.15) is 5.50 Å².